The number of hydrogen-bond donors (Lipinski definition) is 1. The van der Waals surface area contributed by atoms with E-state index < -0.39 is 26.8 Å². The fourth-order valence-corrected chi connectivity index (χ4v) is 4.03. The zero-order chi connectivity index (χ0) is 15.8. The zero-order valence-corrected chi connectivity index (χ0v) is 12.0. The van der Waals surface area contributed by atoms with Crippen LogP contribution in [0.5, 0.6) is 0 Å². The SMILES string of the molecule is Cc1cc([N+](=O)[O-])ccc1S(=O)(=O)N1CCC(C(=O)O)C1. The first-order valence-corrected chi connectivity index (χ1v) is 7.65. The Morgan fingerprint density at radius 2 is 2.14 bits per heavy atom. The summed E-state index contributed by atoms with van der Waals surface area (Å²) in [5.74, 6) is -1.73. The molecular formula is C12H14N2O6S. The van der Waals surface area contributed by atoms with Crippen LogP contribution in [0.4, 0.5) is 5.69 Å². The van der Waals surface area contributed by atoms with Gasteiger partial charge in [0.05, 0.1) is 15.7 Å². The first-order chi connectivity index (χ1) is 9.73. The van der Waals surface area contributed by atoms with Gasteiger partial charge < -0.3 is 5.11 Å². The molecule has 1 aromatic carbocycles. The van der Waals surface area contributed by atoms with Crippen LogP contribution in [0.25, 0.3) is 0 Å². The van der Waals surface area contributed by atoms with Crippen LogP contribution < -0.4 is 0 Å². The number of nitrogens with zero attached hydrogens (tertiary/aromatic N) is 2. The highest BCUT2D eigenvalue weighted by molar-refractivity contribution is 7.89. The largest absolute Gasteiger partial charge is 0.481 e. The minimum absolute atomic E-state index is 0.0286. The van der Waals surface area contributed by atoms with E-state index in [-0.39, 0.29) is 35.7 Å². The Hall–Kier alpha value is -2.00. The van der Waals surface area contributed by atoms with Crippen molar-refractivity contribution in [1.82, 2.24) is 4.31 Å². The first kappa shape index (κ1) is 15.4. The monoisotopic (exact) mass is 314 g/mol. The molecule has 1 aliphatic rings. The van der Waals surface area contributed by atoms with Gasteiger partial charge in [0, 0.05) is 25.2 Å². The Morgan fingerprint density at radius 1 is 1.48 bits per heavy atom. The second-order valence-corrected chi connectivity index (χ2v) is 6.80. The van der Waals surface area contributed by atoms with Crippen LogP contribution >= 0.6 is 0 Å². The molecule has 114 valence electrons. The number of rotatable bonds is 4. The predicted molar refractivity (Wildman–Crippen MR) is 72.3 cm³/mol. The molecule has 1 heterocycles. The molecule has 0 spiro atoms. The third-order valence-corrected chi connectivity index (χ3v) is 5.51. The van der Waals surface area contributed by atoms with Gasteiger partial charge in [0.1, 0.15) is 0 Å². The van der Waals surface area contributed by atoms with Crippen LogP contribution in [-0.2, 0) is 14.8 Å². The van der Waals surface area contributed by atoms with Gasteiger partial charge in [-0.15, -0.1) is 0 Å². The van der Waals surface area contributed by atoms with Gasteiger partial charge >= 0.3 is 5.97 Å². The quantitative estimate of drug-likeness (QED) is 0.654. The molecule has 0 amide bonds. The Morgan fingerprint density at radius 3 is 2.62 bits per heavy atom. The molecule has 9 heteroatoms. The van der Waals surface area contributed by atoms with Gasteiger partial charge in [-0.05, 0) is 25.0 Å². The Balaban J connectivity index is 2.33. The number of aliphatic carboxylic acids is 1. The molecule has 1 saturated heterocycles. The molecule has 0 radical (unpaired) electrons. The number of aryl methyl sites for hydroxylation is 1. The normalized spacial score (nSPS) is 19.6. The summed E-state index contributed by atoms with van der Waals surface area (Å²) in [6.45, 7) is 1.54. The van der Waals surface area contributed by atoms with Crippen molar-refractivity contribution in [2.24, 2.45) is 5.92 Å². The minimum Gasteiger partial charge on any atom is -0.481 e. The fraction of sp³-hybridized carbons (Fsp3) is 0.417. The maximum atomic E-state index is 12.5. The fourth-order valence-electron chi connectivity index (χ4n) is 2.32. The highest BCUT2D eigenvalue weighted by atomic mass is 32.2. The number of nitro groups is 1. The van der Waals surface area contributed by atoms with Gasteiger partial charge in [-0.25, -0.2) is 8.42 Å². The third-order valence-electron chi connectivity index (χ3n) is 3.49. The summed E-state index contributed by atoms with van der Waals surface area (Å²) in [5.41, 5.74) is 0.0826. The van der Waals surface area contributed by atoms with E-state index >= 15 is 0 Å². The van der Waals surface area contributed by atoms with Crippen molar-refractivity contribution in [2.45, 2.75) is 18.2 Å². The molecule has 1 aliphatic heterocycles. The van der Waals surface area contributed by atoms with Crippen LogP contribution in [0.15, 0.2) is 23.1 Å². The summed E-state index contributed by atoms with van der Waals surface area (Å²) in [5, 5.41) is 19.6. The zero-order valence-electron chi connectivity index (χ0n) is 11.2. The van der Waals surface area contributed by atoms with Crippen LogP contribution in [0.1, 0.15) is 12.0 Å². The van der Waals surface area contributed by atoms with E-state index in [0.717, 1.165) is 10.4 Å². The van der Waals surface area contributed by atoms with Gasteiger partial charge in [0.15, 0.2) is 0 Å². The van der Waals surface area contributed by atoms with Crippen molar-refractivity contribution in [3.05, 3.63) is 33.9 Å². The maximum Gasteiger partial charge on any atom is 0.307 e. The van der Waals surface area contributed by atoms with Crippen molar-refractivity contribution in [2.75, 3.05) is 13.1 Å². The number of non-ortho nitro benzene ring substituents is 1. The van der Waals surface area contributed by atoms with Crippen molar-refractivity contribution >= 4 is 21.7 Å². The summed E-state index contributed by atoms with van der Waals surface area (Å²) in [4.78, 5) is 20.9. The molecule has 21 heavy (non-hydrogen) atoms. The standard InChI is InChI=1S/C12H14N2O6S/c1-8-6-10(14(17)18)2-3-11(8)21(19,20)13-5-4-9(7-13)12(15)16/h2-3,6,9H,4-5,7H2,1H3,(H,15,16). The summed E-state index contributed by atoms with van der Waals surface area (Å²) in [6, 6.07) is 3.51. The lowest BCUT2D eigenvalue weighted by atomic mass is 10.1. The first-order valence-electron chi connectivity index (χ1n) is 6.21. The molecule has 1 fully saturated rings. The molecule has 0 bridgehead atoms. The van der Waals surface area contributed by atoms with Gasteiger partial charge in [-0.3, -0.25) is 14.9 Å². The molecule has 2 rings (SSSR count). The van der Waals surface area contributed by atoms with E-state index in [1.165, 1.54) is 19.1 Å². The minimum atomic E-state index is -3.83. The van der Waals surface area contributed by atoms with E-state index in [1.54, 1.807) is 0 Å². The lowest BCUT2D eigenvalue weighted by molar-refractivity contribution is -0.385. The molecule has 0 aromatic heterocycles. The lowest BCUT2D eigenvalue weighted by Gasteiger charge is -2.17. The number of carbonyl (C=O) groups is 1. The summed E-state index contributed by atoms with van der Waals surface area (Å²) < 4.78 is 26.0. The van der Waals surface area contributed by atoms with E-state index in [1.807, 2.05) is 0 Å². The molecule has 1 unspecified atom stereocenters. The lowest BCUT2D eigenvalue weighted by Crippen LogP contribution is -2.30. The van der Waals surface area contributed by atoms with Crippen molar-refractivity contribution in [3.8, 4) is 0 Å². The molecule has 1 N–H and O–H groups in total. The van der Waals surface area contributed by atoms with Crippen LogP contribution in [0.2, 0.25) is 0 Å². The average Bonchev–Trinajstić information content (AvgIpc) is 2.88. The highest BCUT2D eigenvalue weighted by Crippen LogP contribution is 2.28. The van der Waals surface area contributed by atoms with Gasteiger partial charge in [0.25, 0.3) is 5.69 Å². The van der Waals surface area contributed by atoms with Crippen molar-refractivity contribution in [3.63, 3.8) is 0 Å². The topological polar surface area (TPSA) is 118 Å². The third kappa shape index (κ3) is 2.88. The number of benzene rings is 1. The summed E-state index contributed by atoms with van der Waals surface area (Å²) in [6.07, 6.45) is 0.264. The second kappa shape index (κ2) is 5.41. The molecule has 0 aliphatic carbocycles. The van der Waals surface area contributed by atoms with E-state index in [2.05, 4.69) is 0 Å². The molecule has 0 saturated carbocycles. The maximum absolute atomic E-state index is 12.5. The number of carboxylic acid groups (broad SMARTS) is 1. The Labute approximate surface area is 121 Å². The average molecular weight is 314 g/mol. The van der Waals surface area contributed by atoms with Gasteiger partial charge in [-0.1, -0.05) is 0 Å². The molecule has 1 aromatic rings. The van der Waals surface area contributed by atoms with Crippen LogP contribution in [0, 0.1) is 23.0 Å². The summed E-state index contributed by atoms with van der Waals surface area (Å²) >= 11 is 0. The molecular weight excluding hydrogens is 300 g/mol. The smallest absolute Gasteiger partial charge is 0.307 e. The second-order valence-electron chi connectivity index (χ2n) is 4.89. The number of nitro benzene ring substituents is 1. The Bertz CT molecular complexity index is 700. The number of hydrogen-bond acceptors (Lipinski definition) is 5. The van der Waals surface area contributed by atoms with E-state index in [9.17, 15) is 23.3 Å². The molecule has 8 nitrogen and oxygen atoms in total. The number of sulfonamides is 1. The number of carboxylic acids is 1. The van der Waals surface area contributed by atoms with Crippen molar-refractivity contribution in [1.29, 1.82) is 0 Å². The van der Waals surface area contributed by atoms with Crippen molar-refractivity contribution < 1.29 is 23.2 Å². The van der Waals surface area contributed by atoms with Crippen LogP contribution in [0.3, 0.4) is 0 Å². The molecule has 1 atom stereocenters. The van der Waals surface area contributed by atoms with Crippen LogP contribution in [-0.4, -0.2) is 41.8 Å². The Kier molecular flexibility index (Phi) is 3.97. The van der Waals surface area contributed by atoms with Gasteiger partial charge in [-0.2, -0.15) is 4.31 Å². The van der Waals surface area contributed by atoms with Gasteiger partial charge in [0.2, 0.25) is 10.0 Å². The summed E-state index contributed by atoms with van der Waals surface area (Å²) in [7, 11) is -3.83. The highest BCUT2D eigenvalue weighted by Gasteiger charge is 2.36. The van der Waals surface area contributed by atoms with E-state index in [4.69, 9.17) is 5.11 Å². The predicted octanol–water partition coefficient (Wildman–Crippen LogP) is 0.998. The van der Waals surface area contributed by atoms with E-state index in [0.29, 0.717) is 0 Å².